The van der Waals surface area contributed by atoms with E-state index < -0.39 is 5.97 Å². The van der Waals surface area contributed by atoms with Gasteiger partial charge in [-0.2, -0.15) is 0 Å². The molecule has 1 atom stereocenters. The first kappa shape index (κ1) is 17.1. The van der Waals surface area contributed by atoms with E-state index in [-0.39, 0.29) is 17.8 Å². The topological polar surface area (TPSA) is 74.2 Å². The third kappa shape index (κ3) is 3.40. The Kier molecular flexibility index (Phi) is 4.82. The smallest absolute Gasteiger partial charge is 0.377 e. The molecule has 2 aromatic rings. The van der Waals surface area contributed by atoms with Crippen LogP contribution in [0.1, 0.15) is 28.3 Å². The number of nitrogens with zero attached hydrogens (tertiary/aromatic N) is 3. The standard InChI is InChI=1S/C17H18N4O3S/c1-11(22)12-6-8-13(9-7-12)21-15(14-5-4-10-25-14)18-20(2)16(19-21)17(23)24-3/h4-10,15,18H,1-3H3. The van der Waals surface area contributed by atoms with Crippen molar-refractivity contribution in [1.82, 2.24) is 10.4 Å². The molecule has 1 N–H and O–H groups in total. The van der Waals surface area contributed by atoms with Gasteiger partial charge in [0.15, 0.2) is 11.9 Å². The summed E-state index contributed by atoms with van der Waals surface area (Å²) in [5.74, 6) is -0.396. The Labute approximate surface area is 149 Å². The molecule has 1 aromatic carbocycles. The average Bonchev–Trinajstić information content (AvgIpc) is 3.15. The zero-order valence-corrected chi connectivity index (χ0v) is 14.9. The number of hydrazone groups is 1. The van der Waals surface area contributed by atoms with Crippen LogP contribution in [0.15, 0.2) is 46.9 Å². The molecule has 130 valence electrons. The van der Waals surface area contributed by atoms with Gasteiger partial charge in [0.25, 0.3) is 0 Å². The molecule has 0 bridgehead atoms. The molecule has 0 spiro atoms. The number of thiophene rings is 1. The number of anilines is 1. The largest absolute Gasteiger partial charge is 0.463 e. The number of hydrazine groups is 1. The highest BCUT2D eigenvalue weighted by atomic mass is 32.1. The molecule has 25 heavy (non-hydrogen) atoms. The minimum Gasteiger partial charge on any atom is -0.463 e. The van der Waals surface area contributed by atoms with Crippen LogP contribution in [0.5, 0.6) is 0 Å². The maximum atomic E-state index is 12.0. The van der Waals surface area contributed by atoms with Crippen LogP contribution in [0.3, 0.4) is 0 Å². The van der Waals surface area contributed by atoms with E-state index in [4.69, 9.17) is 4.74 Å². The number of likely N-dealkylation sites (N-methyl/N-ethyl adjacent to an activating group) is 1. The molecular weight excluding hydrogens is 340 g/mol. The van der Waals surface area contributed by atoms with Gasteiger partial charge in [-0.1, -0.05) is 6.07 Å². The van der Waals surface area contributed by atoms with Gasteiger partial charge < -0.3 is 4.74 Å². The number of benzene rings is 1. The Hall–Kier alpha value is -2.71. The number of carbonyl (C=O) groups is 2. The molecular formula is C17H18N4O3S. The lowest BCUT2D eigenvalue weighted by atomic mass is 10.1. The van der Waals surface area contributed by atoms with Gasteiger partial charge in [0.1, 0.15) is 0 Å². The molecule has 1 aliphatic heterocycles. The molecule has 0 saturated heterocycles. The van der Waals surface area contributed by atoms with Crippen molar-refractivity contribution in [2.45, 2.75) is 13.1 Å². The molecule has 1 aromatic heterocycles. The highest BCUT2D eigenvalue weighted by Crippen LogP contribution is 2.31. The third-order valence-electron chi connectivity index (χ3n) is 3.80. The van der Waals surface area contributed by atoms with Gasteiger partial charge >= 0.3 is 5.97 Å². The summed E-state index contributed by atoms with van der Waals surface area (Å²) in [5.41, 5.74) is 4.62. The summed E-state index contributed by atoms with van der Waals surface area (Å²) >= 11 is 1.58. The van der Waals surface area contributed by atoms with Gasteiger partial charge in [0, 0.05) is 17.5 Å². The summed E-state index contributed by atoms with van der Waals surface area (Å²) in [6.07, 6.45) is -0.276. The minimum atomic E-state index is -0.537. The van der Waals surface area contributed by atoms with Crippen molar-refractivity contribution in [2.75, 3.05) is 19.2 Å². The average molecular weight is 358 g/mol. The summed E-state index contributed by atoms with van der Waals surface area (Å²) in [6.45, 7) is 1.52. The van der Waals surface area contributed by atoms with Gasteiger partial charge in [-0.15, -0.1) is 16.4 Å². The van der Waals surface area contributed by atoms with Crippen molar-refractivity contribution in [3.8, 4) is 0 Å². The van der Waals surface area contributed by atoms with E-state index >= 15 is 0 Å². The van der Waals surface area contributed by atoms with E-state index in [1.54, 1.807) is 40.5 Å². The van der Waals surface area contributed by atoms with Crippen LogP contribution in [0.4, 0.5) is 5.69 Å². The van der Waals surface area contributed by atoms with Crippen LogP contribution >= 0.6 is 11.3 Å². The van der Waals surface area contributed by atoms with Crippen molar-refractivity contribution in [2.24, 2.45) is 5.10 Å². The fourth-order valence-electron chi connectivity index (χ4n) is 2.48. The lowest BCUT2D eigenvalue weighted by Gasteiger charge is -2.38. The molecule has 0 aliphatic carbocycles. The van der Waals surface area contributed by atoms with Gasteiger partial charge in [-0.25, -0.2) is 15.2 Å². The van der Waals surface area contributed by atoms with Crippen molar-refractivity contribution in [3.05, 3.63) is 52.2 Å². The molecule has 8 heteroatoms. The number of ketones is 1. The van der Waals surface area contributed by atoms with Crippen molar-refractivity contribution in [3.63, 3.8) is 0 Å². The number of Topliss-reactive ketones (excluding diaryl/α,β-unsaturated/α-hetero) is 1. The lowest BCUT2D eigenvalue weighted by molar-refractivity contribution is -0.133. The fourth-order valence-corrected chi connectivity index (χ4v) is 3.23. The van der Waals surface area contributed by atoms with E-state index in [0.29, 0.717) is 5.56 Å². The van der Waals surface area contributed by atoms with Crippen molar-refractivity contribution < 1.29 is 14.3 Å². The molecule has 1 unspecified atom stereocenters. The van der Waals surface area contributed by atoms with Gasteiger partial charge in [-0.05, 0) is 42.6 Å². The van der Waals surface area contributed by atoms with Gasteiger partial charge in [0.2, 0.25) is 5.84 Å². The SMILES string of the molecule is COC(=O)C1=NN(c2ccc(C(C)=O)cc2)C(c2cccs2)NN1C. The van der Waals surface area contributed by atoms with E-state index in [0.717, 1.165) is 10.6 Å². The second-order valence-corrected chi connectivity index (χ2v) is 6.45. The number of nitrogens with one attached hydrogen (secondary N) is 1. The Morgan fingerprint density at radius 3 is 2.52 bits per heavy atom. The Morgan fingerprint density at radius 1 is 1.24 bits per heavy atom. The molecule has 3 rings (SSSR count). The van der Waals surface area contributed by atoms with Crippen LogP contribution in [0.25, 0.3) is 0 Å². The monoisotopic (exact) mass is 358 g/mol. The first-order chi connectivity index (χ1) is 12.0. The predicted octanol–water partition coefficient (Wildman–Crippen LogP) is 2.39. The van der Waals surface area contributed by atoms with Gasteiger partial charge in [0.05, 0.1) is 12.8 Å². The Morgan fingerprint density at radius 2 is 1.96 bits per heavy atom. The second kappa shape index (κ2) is 7.04. The van der Waals surface area contributed by atoms with Gasteiger partial charge in [-0.3, -0.25) is 9.80 Å². The zero-order chi connectivity index (χ0) is 18.0. The molecule has 0 amide bonds. The summed E-state index contributed by atoms with van der Waals surface area (Å²) < 4.78 is 4.80. The number of hydrogen-bond donors (Lipinski definition) is 1. The minimum absolute atomic E-state index is 0.00314. The van der Waals surface area contributed by atoms with E-state index in [1.165, 1.54) is 14.0 Å². The van der Waals surface area contributed by atoms with Crippen LogP contribution < -0.4 is 10.4 Å². The maximum absolute atomic E-state index is 12.0. The second-order valence-electron chi connectivity index (χ2n) is 5.47. The van der Waals surface area contributed by atoms with Crippen LogP contribution in [-0.4, -0.2) is 36.8 Å². The number of amidine groups is 1. The number of methoxy groups -OCH3 is 1. The predicted molar refractivity (Wildman–Crippen MR) is 96.3 cm³/mol. The first-order valence-electron chi connectivity index (χ1n) is 7.61. The van der Waals surface area contributed by atoms with Crippen LogP contribution in [0, 0.1) is 0 Å². The van der Waals surface area contributed by atoms with E-state index in [2.05, 4.69) is 10.5 Å². The molecule has 0 radical (unpaired) electrons. The number of rotatable bonds is 4. The number of esters is 1. The van der Waals surface area contributed by atoms with Crippen LogP contribution in [-0.2, 0) is 9.53 Å². The Balaban J connectivity index is 2.04. The number of ether oxygens (including phenoxy) is 1. The molecule has 7 nitrogen and oxygen atoms in total. The zero-order valence-electron chi connectivity index (χ0n) is 14.1. The van der Waals surface area contributed by atoms with Crippen molar-refractivity contribution in [1.29, 1.82) is 0 Å². The normalized spacial score (nSPS) is 17.2. The third-order valence-corrected chi connectivity index (χ3v) is 4.72. The van der Waals surface area contributed by atoms with E-state index in [9.17, 15) is 9.59 Å². The quantitative estimate of drug-likeness (QED) is 0.668. The summed E-state index contributed by atoms with van der Waals surface area (Å²) in [4.78, 5) is 24.5. The number of carbonyl (C=O) groups excluding carboxylic acids is 2. The first-order valence-corrected chi connectivity index (χ1v) is 8.49. The molecule has 0 fully saturated rings. The van der Waals surface area contributed by atoms with Crippen LogP contribution in [0.2, 0.25) is 0 Å². The molecule has 2 heterocycles. The molecule has 1 aliphatic rings. The number of hydrogen-bond acceptors (Lipinski definition) is 8. The summed E-state index contributed by atoms with van der Waals surface area (Å²) in [6, 6.07) is 11.1. The van der Waals surface area contributed by atoms with E-state index in [1.807, 2.05) is 29.6 Å². The van der Waals surface area contributed by atoms with Crippen molar-refractivity contribution >= 4 is 34.6 Å². The summed E-state index contributed by atoms with van der Waals surface area (Å²) in [5, 5.41) is 9.72. The highest BCUT2D eigenvalue weighted by Gasteiger charge is 2.32. The fraction of sp³-hybridized carbons (Fsp3) is 0.235. The maximum Gasteiger partial charge on any atom is 0.377 e. The molecule has 0 saturated carbocycles. The lowest BCUT2D eigenvalue weighted by Crippen LogP contribution is -2.54. The summed E-state index contributed by atoms with van der Waals surface area (Å²) in [7, 11) is 3.03. The highest BCUT2D eigenvalue weighted by molar-refractivity contribution is 7.10. The Bertz CT molecular complexity index is 802.